The van der Waals surface area contributed by atoms with E-state index in [-0.39, 0.29) is 17.7 Å². The van der Waals surface area contributed by atoms with Crippen molar-refractivity contribution >= 4 is 12.0 Å². The quantitative estimate of drug-likeness (QED) is 0.677. The summed E-state index contributed by atoms with van der Waals surface area (Å²) in [5, 5.41) is 7.83. The fourth-order valence-corrected chi connectivity index (χ4v) is 4.04. The van der Waals surface area contributed by atoms with Crippen LogP contribution in [0.5, 0.6) is 0 Å². The first kappa shape index (κ1) is 16.9. The lowest BCUT2D eigenvalue weighted by molar-refractivity contribution is 0.536. The minimum absolute atomic E-state index is 0.119. The Labute approximate surface area is 161 Å². The van der Waals surface area contributed by atoms with Crippen LogP contribution in [-0.4, -0.2) is 14.8 Å². The summed E-state index contributed by atoms with van der Waals surface area (Å²) in [6.45, 7) is 0. The molecule has 1 aliphatic carbocycles. The first-order chi connectivity index (χ1) is 13.7. The Bertz CT molecular complexity index is 1080. The molecule has 0 amide bonds. The van der Waals surface area contributed by atoms with Crippen molar-refractivity contribution in [2.24, 2.45) is 0 Å². The van der Waals surface area contributed by atoms with E-state index in [1.807, 2.05) is 4.68 Å². The maximum Gasteiger partial charge on any atom is 0.226 e. The Balaban J connectivity index is 1.63. The van der Waals surface area contributed by atoms with Gasteiger partial charge in [0, 0.05) is 5.70 Å². The molecule has 0 radical (unpaired) electrons. The normalized spacial score (nSPS) is 19.9. The maximum absolute atomic E-state index is 13.5. The number of benzene rings is 2. The van der Waals surface area contributed by atoms with Gasteiger partial charge in [0.05, 0.1) is 0 Å². The van der Waals surface area contributed by atoms with Gasteiger partial charge in [-0.15, -0.1) is 0 Å². The molecule has 1 atom stereocenters. The number of aromatic nitrogens is 3. The maximum atomic E-state index is 13.5. The minimum atomic E-state index is -0.258. The number of anilines is 1. The van der Waals surface area contributed by atoms with Crippen molar-refractivity contribution < 1.29 is 8.78 Å². The fourth-order valence-electron chi connectivity index (χ4n) is 4.04. The largest absolute Gasteiger partial charge is 0.324 e. The average Bonchev–Trinajstić information content (AvgIpc) is 3.17. The number of fused-ring (bicyclic) bond motifs is 1. The van der Waals surface area contributed by atoms with E-state index in [2.05, 4.69) is 21.5 Å². The summed E-state index contributed by atoms with van der Waals surface area (Å²) in [7, 11) is 0. The van der Waals surface area contributed by atoms with Crippen LogP contribution in [0.4, 0.5) is 14.7 Å². The molecule has 0 fully saturated rings. The van der Waals surface area contributed by atoms with E-state index in [0.717, 1.165) is 41.7 Å². The molecular formula is C22H18F2N4. The molecule has 1 aromatic heterocycles. The molecule has 0 unspecified atom stereocenters. The van der Waals surface area contributed by atoms with Gasteiger partial charge in [-0.3, -0.25) is 0 Å². The molecule has 2 heterocycles. The average molecular weight is 376 g/mol. The van der Waals surface area contributed by atoms with Crippen LogP contribution in [0.25, 0.3) is 6.08 Å². The lowest BCUT2D eigenvalue weighted by atomic mass is 9.83. The number of nitrogens with zero attached hydrogens (tertiary/aromatic N) is 3. The van der Waals surface area contributed by atoms with Crippen molar-refractivity contribution in [2.45, 2.75) is 25.3 Å². The molecule has 2 aromatic carbocycles. The molecule has 0 saturated heterocycles. The Morgan fingerprint density at radius 2 is 1.68 bits per heavy atom. The molecule has 6 heteroatoms. The smallest absolute Gasteiger partial charge is 0.226 e. The van der Waals surface area contributed by atoms with Crippen LogP contribution in [0.15, 0.2) is 71.7 Å². The van der Waals surface area contributed by atoms with Crippen LogP contribution in [0.3, 0.4) is 0 Å². The number of hydrogen-bond donors (Lipinski definition) is 1. The summed E-state index contributed by atoms with van der Waals surface area (Å²) in [6, 6.07) is 12.9. The molecule has 140 valence electrons. The molecule has 4 nitrogen and oxygen atoms in total. The van der Waals surface area contributed by atoms with Crippen LogP contribution < -0.4 is 5.32 Å². The van der Waals surface area contributed by atoms with Gasteiger partial charge >= 0.3 is 0 Å². The standard InChI is InChI=1S/C22H18F2N4/c23-17-8-4-14(5-9-17)12-16-2-1-3-19-20(16)27-22-25-13-26-28(22)21(19)15-6-10-18(24)11-7-15/h4-13,21H,1-3H2,(H,25,26,27)/b16-12-/t21-/m0/s1. The summed E-state index contributed by atoms with van der Waals surface area (Å²) in [6.07, 6.45) is 6.47. The summed E-state index contributed by atoms with van der Waals surface area (Å²) in [5.74, 6) is 0.164. The van der Waals surface area contributed by atoms with Crippen LogP contribution in [0, 0.1) is 11.6 Å². The van der Waals surface area contributed by atoms with Crippen molar-refractivity contribution in [2.75, 3.05) is 5.32 Å². The van der Waals surface area contributed by atoms with Crippen molar-refractivity contribution in [3.8, 4) is 0 Å². The van der Waals surface area contributed by atoms with E-state index in [1.54, 1.807) is 24.3 Å². The number of halogens is 2. The van der Waals surface area contributed by atoms with Gasteiger partial charge in [-0.05, 0) is 71.9 Å². The molecule has 0 bridgehead atoms. The first-order valence-corrected chi connectivity index (χ1v) is 9.30. The zero-order valence-corrected chi connectivity index (χ0v) is 15.1. The van der Waals surface area contributed by atoms with E-state index >= 15 is 0 Å². The number of hydrogen-bond acceptors (Lipinski definition) is 3. The molecule has 2 aliphatic rings. The number of rotatable bonds is 2. The lowest BCUT2D eigenvalue weighted by Gasteiger charge is -2.34. The van der Waals surface area contributed by atoms with Crippen LogP contribution in [-0.2, 0) is 0 Å². The summed E-state index contributed by atoms with van der Waals surface area (Å²) < 4.78 is 28.6. The third kappa shape index (κ3) is 2.91. The van der Waals surface area contributed by atoms with Gasteiger partial charge in [0.2, 0.25) is 5.95 Å². The predicted molar refractivity (Wildman–Crippen MR) is 103 cm³/mol. The third-order valence-corrected chi connectivity index (χ3v) is 5.32. The molecule has 5 rings (SSSR count). The van der Waals surface area contributed by atoms with E-state index in [1.165, 1.54) is 36.2 Å². The molecule has 0 spiro atoms. The third-order valence-electron chi connectivity index (χ3n) is 5.32. The fraction of sp³-hybridized carbons (Fsp3) is 0.182. The van der Waals surface area contributed by atoms with Gasteiger partial charge < -0.3 is 5.32 Å². The number of allylic oxidation sites excluding steroid dienone is 2. The van der Waals surface area contributed by atoms with Crippen molar-refractivity contribution in [1.29, 1.82) is 0 Å². The molecule has 1 aliphatic heterocycles. The second-order valence-electron chi connectivity index (χ2n) is 7.08. The second-order valence-corrected chi connectivity index (χ2v) is 7.08. The van der Waals surface area contributed by atoms with Gasteiger partial charge in [-0.1, -0.05) is 24.3 Å². The van der Waals surface area contributed by atoms with Gasteiger partial charge in [-0.2, -0.15) is 10.1 Å². The summed E-state index contributed by atoms with van der Waals surface area (Å²) >= 11 is 0. The Morgan fingerprint density at radius 1 is 0.964 bits per heavy atom. The second kappa shape index (κ2) is 6.71. The molecule has 3 aromatic rings. The topological polar surface area (TPSA) is 42.7 Å². The number of nitrogens with one attached hydrogen (secondary N) is 1. The first-order valence-electron chi connectivity index (χ1n) is 9.30. The zero-order valence-electron chi connectivity index (χ0n) is 15.1. The minimum Gasteiger partial charge on any atom is -0.324 e. The van der Waals surface area contributed by atoms with Gasteiger partial charge in [0.1, 0.15) is 24.0 Å². The SMILES string of the molecule is Fc1ccc(/C=C2/CCCC3=C2Nc2ncnn2[C@H]3c2ccc(F)cc2)cc1. The predicted octanol–water partition coefficient (Wildman–Crippen LogP) is 5.09. The molecule has 28 heavy (non-hydrogen) atoms. The van der Waals surface area contributed by atoms with Crippen LogP contribution in [0.1, 0.15) is 36.4 Å². The van der Waals surface area contributed by atoms with Crippen LogP contribution >= 0.6 is 0 Å². The highest BCUT2D eigenvalue weighted by Crippen LogP contribution is 2.43. The Hall–Kier alpha value is -3.28. The molecule has 0 saturated carbocycles. The van der Waals surface area contributed by atoms with Crippen LogP contribution in [0.2, 0.25) is 0 Å². The van der Waals surface area contributed by atoms with E-state index < -0.39 is 0 Å². The van der Waals surface area contributed by atoms with E-state index in [0.29, 0.717) is 5.95 Å². The monoisotopic (exact) mass is 376 g/mol. The van der Waals surface area contributed by atoms with Gasteiger partial charge in [-0.25, -0.2) is 13.5 Å². The lowest BCUT2D eigenvalue weighted by Crippen LogP contribution is -2.28. The van der Waals surface area contributed by atoms with Gasteiger partial charge in [0.15, 0.2) is 0 Å². The zero-order chi connectivity index (χ0) is 19.1. The molecular weight excluding hydrogens is 358 g/mol. The highest BCUT2D eigenvalue weighted by atomic mass is 19.1. The van der Waals surface area contributed by atoms with Crippen molar-refractivity contribution in [1.82, 2.24) is 14.8 Å². The van der Waals surface area contributed by atoms with E-state index in [9.17, 15) is 8.78 Å². The summed E-state index contributed by atoms with van der Waals surface area (Å²) in [4.78, 5) is 4.35. The highest BCUT2D eigenvalue weighted by molar-refractivity contribution is 5.65. The summed E-state index contributed by atoms with van der Waals surface area (Å²) in [5.41, 5.74) is 5.35. The van der Waals surface area contributed by atoms with Crippen molar-refractivity contribution in [3.63, 3.8) is 0 Å². The Kier molecular flexibility index (Phi) is 4.04. The van der Waals surface area contributed by atoms with Gasteiger partial charge in [0.25, 0.3) is 0 Å². The van der Waals surface area contributed by atoms with Crippen molar-refractivity contribution in [3.05, 3.63) is 94.5 Å². The Morgan fingerprint density at radius 3 is 2.43 bits per heavy atom. The van der Waals surface area contributed by atoms with E-state index in [4.69, 9.17) is 0 Å². The highest BCUT2D eigenvalue weighted by Gasteiger charge is 2.33. The molecule has 1 N–H and O–H groups in total.